The van der Waals surface area contributed by atoms with Crippen LogP contribution in [0.5, 0.6) is 0 Å². The van der Waals surface area contributed by atoms with Crippen molar-refractivity contribution in [2.75, 3.05) is 19.8 Å². The first-order valence-electron chi connectivity index (χ1n) is 23.8. The summed E-state index contributed by atoms with van der Waals surface area (Å²) in [7, 11) is 0. The van der Waals surface area contributed by atoms with Crippen LogP contribution in [0.25, 0.3) is 0 Å². The van der Waals surface area contributed by atoms with Crippen LogP contribution in [-0.2, 0) is 23.8 Å². The van der Waals surface area contributed by atoms with E-state index in [0.29, 0.717) is 19.4 Å². The van der Waals surface area contributed by atoms with Gasteiger partial charge in [-0.2, -0.15) is 0 Å². The highest BCUT2D eigenvalue weighted by Gasteiger charge is 2.17. The molecule has 0 bridgehead atoms. The third-order valence-electron chi connectivity index (χ3n) is 9.62. The predicted molar refractivity (Wildman–Crippen MR) is 251 cm³/mol. The van der Waals surface area contributed by atoms with Gasteiger partial charge in [0.25, 0.3) is 0 Å². The zero-order valence-electron chi connectivity index (χ0n) is 37.8. The van der Waals surface area contributed by atoms with E-state index >= 15 is 0 Å². The topological polar surface area (TPSA) is 61.8 Å². The third kappa shape index (κ3) is 45.5. The minimum atomic E-state index is -0.571. The Morgan fingerprint density at radius 2 is 0.776 bits per heavy atom. The van der Waals surface area contributed by atoms with E-state index in [1.165, 1.54) is 51.4 Å². The fourth-order valence-electron chi connectivity index (χ4n) is 6.14. The summed E-state index contributed by atoms with van der Waals surface area (Å²) in [6, 6.07) is 0. The molecule has 58 heavy (non-hydrogen) atoms. The molecule has 0 aliphatic heterocycles. The Kier molecular flexibility index (Phi) is 45.5. The summed E-state index contributed by atoms with van der Waals surface area (Å²) in [6.07, 6.45) is 64.1. The van der Waals surface area contributed by atoms with Gasteiger partial charge in [0.15, 0.2) is 6.10 Å². The number of allylic oxidation sites excluding steroid dienone is 16. The van der Waals surface area contributed by atoms with Gasteiger partial charge >= 0.3 is 11.9 Å². The maximum atomic E-state index is 12.7. The highest BCUT2D eigenvalue weighted by atomic mass is 16.6. The van der Waals surface area contributed by atoms with Crippen LogP contribution in [0.2, 0.25) is 0 Å². The van der Waals surface area contributed by atoms with Gasteiger partial charge in [-0.15, -0.1) is 0 Å². The van der Waals surface area contributed by atoms with Crippen LogP contribution in [0.4, 0.5) is 0 Å². The average Bonchev–Trinajstić information content (AvgIpc) is 3.22. The average molecular weight is 805 g/mol. The lowest BCUT2D eigenvalue weighted by Crippen LogP contribution is -2.30. The second-order valence-corrected chi connectivity index (χ2v) is 15.3. The standard InChI is InChI=1S/C53H88O5/c1-4-7-10-13-16-19-22-24-26-28-30-33-36-39-42-45-48-56-49-51(58-53(55)47-44-41-38-35-31-21-18-15-12-9-6-3)50-57-52(54)46-43-40-37-34-32-29-27-25-23-20-17-14-11-8-5-2/h7-8,10-11,16-17,19-20,24-27,30,32-34,51H,4-6,9,12-15,18,21-23,28-29,31,35-50H2,1-3H3/b10-7-,11-8-,19-16-,20-17-,26-24-,27-25-,33-30-,34-32-. The quantitative estimate of drug-likeness (QED) is 0.0349. The molecule has 0 fully saturated rings. The van der Waals surface area contributed by atoms with Crippen molar-refractivity contribution < 1.29 is 23.8 Å². The Bertz CT molecular complexity index is 1140. The maximum absolute atomic E-state index is 12.7. The van der Waals surface area contributed by atoms with Crippen molar-refractivity contribution in [3.8, 4) is 0 Å². The van der Waals surface area contributed by atoms with Crippen molar-refractivity contribution in [2.45, 2.75) is 207 Å². The van der Waals surface area contributed by atoms with E-state index < -0.39 is 6.10 Å². The van der Waals surface area contributed by atoms with Gasteiger partial charge in [0.2, 0.25) is 0 Å². The van der Waals surface area contributed by atoms with Crippen molar-refractivity contribution in [2.24, 2.45) is 0 Å². The molecular formula is C53H88O5. The van der Waals surface area contributed by atoms with Crippen LogP contribution in [0.3, 0.4) is 0 Å². The number of carbonyl (C=O) groups is 2. The minimum absolute atomic E-state index is 0.0471. The largest absolute Gasteiger partial charge is 0.462 e. The summed E-state index contributed by atoms with van der Waals surface area (Å²) in [6.45, 7) is 7.47. The van der Waals surface area contributed by atoms with Gasteiger partial charge in [0.05, 0.1) is 6.61 Å². The molecular weight excluding hydrogens is 717 g/mol. The van der Waals surface area contributed by atoms with Crippen LogP contribution >= 0.6 is 0 Å². The smallest absolute Gasteiger partial charge is 0.306 e. The summed E-state index contributed by atoms with van der Waals surface area (Å²) in [5, 5.41) is 0. The first-order valence-corrected chi connectivity index (χ1v) is 23.8. The molecule has 0 amide bonds. The fraction of sp³-hybridized carbons (Fsp3) is 0.660. The Hall–Kier alpha value is -3.18. The molecule has 0 aliphatic carbocycles. The number of hydrogen-bond acceptors (Lipinski definition) is 5. The zero-order valence-corrected chi connectivity index (χ0v) is 37.8. The van der Waals surface area contributed by atoms with Crippen LogP contribution < -0.4 is 0 Å². The van der Waals surface area contributed by atoms with Gasteiger partial charge in [-0.1, -0.05) is 189 Å². The van der Waals surface area contributed by atoms with E-state index in [0.717, 1.165) is 116 Å². The van der Waals surface area contributed by atoms with Crippen LogP contribution in [0.1, 0.15) is 201 Å². The van der Waals surface area contributed by atoms with Crippen LogP contribution in [-0.4, -0.2) is 37.9 Å². The van der Waals surface area contributed by atoms with Crippen molar-refractivity contribution in [3.05, 3.63) is 97.2 Å². The molecule has 0 rings (SSSR count). The predicted octanol–water partition coefficient (Wildman–Crippen LogP) is 15.9. The molecule has 1 unspecified atom stereocenters. The summed E-state index contributed by atoms with van der Waals surface area (Å²) in [5.74, 6) is -0.469. The molecule has 5 nitrogen and oxygen atoms in total. The lowest BCUT2D eigenvalue weighted by molar-refractivity contribution is -0.163. The van der Waals surface area contributed by atoms with Crippen molar-refractivity contribution in [3.63, 3.8) is 0 Å². The van der Waals surface area contributed by atoms with E-state index in [9.17, 15) is 9.59 Å². The molecule has 0 aromatic rings. The summed E-state index contributed by atoms with van der Waals surface area (Å²) in [4.78, 5) is 25.3. The molecule has 330 valence electrons. The van der Waals surface area contributed by atoms with Gasteiger partial charge in [0, 0.05) is 19.4 Å². The Balaban J connectivity index is 4.39. The van der Waals surface area contributed by atoms with Gasteiger partial charge < -0.3 is 14.2 Å². The number of esters is 2. The van der Waals surface area contributed by atoms with Crippen LogP contribution in [0, 0.1) is 0 Å². The van der Waals surface area contributed by atoms with Crippen molar-refractivity contribution >= 4 is 11.9 Å². The first-order chi connectivity index (χ1) is 28.6. The molecule has 0 heterocycles. The number of rotatable bonds is 42. The van der Waals surface area contributed by atoms with E-state index in [1.807, 2.05) is 0 Å². The van der Waals surface area contributed by atoms with E-state index in [1.54, 1.807) is 0 Å². The van der Waals surface area contributed by atoms with Gasteiger partial charge in [0.1, 0.15) is 6.61 Å². The molecule has 0 N–H and O–H groups in total. The van der Waals surface area contributed by atoms with E-state index in [-0.39, 0.29) is 25.2 Å². The number of hydrogen-bond donors (Lipinski definition) is 0. The van der Waals surface area contributed by atoms with E-state index in [2.05, 4.69) is 118 Å². The molecule has 0 aromatic heterocycles. The highest BCUT2D eigenvalue weighted by molar-refractivity contribution is 5.70. The fourth-order valence-corrected chi connectivity index (χ4v) is 6.14. The molecule has 0 saturated carbocycles. The number of carbonyl (C=O) groups excluding carboxylic acids is 2. The van der Waals surface area contributed by atoms with Gasteiger partial charge in [-0.3, -0.25) is 9.59 Å². The molecule has 1 atom stereocenters. The van der Waals surface area contributed by atoms with Crippen LogP contribution in [0.15, 0.2) is 97.2 Å². The molecule has 0 radical (unpaired) electrons. The normalized spacial score (nSPS) is 13.1. The monoisotopic (exact) mass is 805 g/mol. The highest BCUT2D eigenvalue weighted by Crippen LogP contribution is 2.13. The lowest BCUT2D eigenvalue weighted by atomic mass is 10.1. The minimum Gasteiger partial charge on any atom is -0.462 e. The lowest BCUT2D eigenvalue weighted by Gasteiger charge is -2.18. The summed E-state index contributed by atoms with van der Waals surface area (Å²) in [5.41, 5.74) is 0. The van der Waals surface area contributed by atoms with Crippen molar-refractivity contribution in [1.29, 1.82) is 0 Å². The zero-order chi connectivity index (χ0) is 42.1. The first kappa shape index (κ1) is 54.8. The Morgan fingerprint density at radius 1 is 0.397 bits per heavy atom. The summed E-state index contributed by atoms with van der Waals surface area (Å²) >= 11 is 0. The molecule has 0 spiro atoms. The Morgan fingerprint density at radius 3 is 1.26 bits per heavy atom. The molecule has 0 aromatic carbocycles. The summed E-state index contributed by atoms with van der Waals surface area (Å²) < 4.78 is 17.3. The molecule has 0 aliphatic rings. The second kappa shape index (κ2) is 48.2. The van der Waals surface area contributed by atoms with E-state index in [4.69, 9.17) is 14.2 Å². The Labute approximate surface area is 358 Å². The van der Waals surface area contributed by atoms with Crippen molar-refractivity contribution in [1.82, 2.24) is 0 Å². The second-order valence-electron chi connectivity index (χ2n) is 15.3. The third-order valence-corrected chi connectivity index (χ3v) is 9.62. The maximum Gasteiger partial charge on any atom is 0.306 e. The SMILES string of the molecule is CC/C=C\C/C=C\C/C=C\C/C=C\CCCCCOCC(COC(=O)CCCC/C=C\C/C=C\C/C=C\C/C=C\CC)OC(=O)CCCCCCCCCCCCC. The van der Waals surface area contributed by atoms with Gasteiger partial charge in [-0.05, 0) is 96.3 Å². The number of ether oxygens (including phenoxy) is 3. The number of unbranched alkanes of at least 4 members (excludes halogenated alkanes) is 15. The van der Waals surface area contributed by atoms with Gasteiger partial charge in [-0.25, -0.2) is 0 Å². The molecule has 0 saturated heterocycles. The molecule has 5 heteroatoms.